The highest BCUT2D eigenvalue weighted by Gasteiger charge is 2.30. The van der Waals surface area contributed by atoms with Gasteiger partial charge in [-0.1, -0.05) is 29.2 Å². The van der Waals surface area contributed by atoms with Gasteiger partial charge >= 0.3 is 6.18 Å². The average Bonchev–Trinajstić information content (AvgIpc) is 3.39. The minimum Gasteiger partial charge on any atom is -0.348 e. The molecule has 164 valence electrons. The quantitative estimate of drug-likeness (QED) is 0.453. The summed E-state index contributed by atoms with van der Waals surface area (Å²) in [6, 6.07) is 4.42. The minimum atomic E-state index is -4.49. The van der Waals surface area contributed by atoms with E-state index in [-0.39, 0.29) is 17.0 Å². The number of anilines is 2. The number of hydrogen-bond donors (Lipinski definition) is 1. The Bertz CT molecular complexity index is 1190. The number of thioether (sulfide) groups is 1. The number of hydrogen-bond acceptors (Lipinski definition) is 7. The molecule has 2 aromatic heterocycles. The van der Waals surface area contributed by atoms with Gasteiger partial charge in [0.15, 0.2) is 15.9 Å². The Morgan fingerprint density at radius 3 is 2.71 bits per heavy atom. The maximum absolute atomic E-state index is 12.8. The number of carbonyl (C=O) groups excluding carboxylic acids is 1. The van der Waals surface area contributed by atoms with E-state index in [9.17, 15) is 22.8 Å². The van der Waals surface area contributed by atoms with E-state index in [1.165, 1.54) is 28.0 Å². The largest absolute Gasteiger partial charge is 0.416 e. The summed E-state index contributed by atoms with van der Waals surface area (Å²) >= 11 is 2.34. The summed E-state index contributed by atoms with van der Waals surface area (Å²) in [5.74, 6) is -0.625. The van der Waals surface area contributed by atoms with Crippen LogP contribution in [0.2, 0.25) is 0 Å². The molecule has 0 aliphatic carbocycles. The Morgan fingerprint density at radius 1 is 1.26 bits per heavy atom. The molecule has 1 aliphatic rings. The van der Waals surface area contributed by atoms with Crippen molar-refractivity contribution >= 4 is 50.2 Å². The fraction of sp³-hybridized carbons (Fsp3) is 0.368. The van der Waals surface area contributed by atoms with E-state index >= 15 is 0 Å². The smallest absolute Gasteiger partial charge is 0.348 e. The predicted octanol–water partition coefficient (Wildman–Crippen LogP) is 3.74. The Hall–Kier alpha value is -2.60. The number of amides is 1. The fourth-order valence-electron chi connectivity index (χ4n) is 3.19. The van der Waals surface area contributed by atoms with Crippen LogP contribution < -0.4 is 15.8 Å². The molecule has 3 aromatic rings. The molecule has 0 spiro atoms. The molecule has 1 fully saturated rings. The van der Waals surface area contributed by atoms with Crippen molar-refractivity contribution in [3.63, 3.8) is 0 Å². The summed E-state index contributed by atoms with van der Waals surface area (Å²) < 4.78 is 40.3. The van der Waals surface area contributed by atoms with Gasteiger partial charge in [-0.05, 0) is 31.0 Å². The van der Waals surface area contributed by atoms with Crippen LogP contribution >= 0.6 is 23.1 Å². The average molecular weight is 470 g/mol. The summed E-state index contributed by atoms with van der Waals surface area (Å²) in [6.07, 6.45) is -2.32. The zero-order valence-electron chi connectivity index (χ0n) is 16.4. The summed E-state index contributed by atoms with van der Waals surface area (Å²) in [6.45, 7) is 1.80. The molecule has 7 nitrogen and oxygen atoms in total. The van der Waals surface area contributed by atoms with E-state index in [0.717, 1.165) is 55.0 Å². The van der Waals surface area contributed by atoms with Crippen molar-refractivity contribution in [2.45, 2.75) is 24.2 Å². The fourth-order valence-corrected chi connectivity index (χ4v) is 4.99. The van der Waals surface area contributed by atoms with Crippen LogP contribution in [0.25, 0.3) is 10.3 Å². The molecule has 12 heteroatoms. The maximum Gasteiger partial charge on any atom is 0.416 e. The monoisotopic (exact) mass is 469 g/mol. The lowest BCUT2D eigenvalue weighted by molar-refractivity contribution is -0.137. The number of aromatic nitrogens is 3. The minimum absolute atomic E-state index is 0.0486. The molecule has 1 amide bonds. The number of nitrogens with one attached hydrogen (secondary N) is 1. The number of benzene rings is 1. The van der Waals surface area contributed by atoms with Gasteiger partial charge in [-0.3, -0.25) is 14.2 Å². The first kappa shape index (κ1) is 21.6. The van der Waals surface area contributed by atoms with Gasteiger partial charge in [-0.2, -0.15) is 18.2 Å². The van der Waals surface area contributed by atoms with Crippen LogP contribution in [-0.2, 0) is 18.0 Å². The van der Waals surface area contributed by atoms with Crippen LogP contribution in [0.4, 0.5) is 24.0 Å². The molecule has 1 aromatic carbocycles. The van der Waals surface area contributed by atoms with E-state index in [1.807, 2.05) is 0 Å². The molecular weight excluding hydrogens is 451 g/mol. The lowest BCUT2D eigenvalue weighted by Gasteiger charge is -2.11. The van der Waals surface area contributed by atoms with Crippen molar-refractivity contribution in [1.82, 2.24) is 14.5 Å². The second-order valence-corrected chi connectivity index (χ2v) is 8.94. The molecule has 1 saturated heterocycles. The van der Waals surface area contributed by atoms with E-state index in [1.54, 1.807) is 7.05 Å². The number of nitrogens with zero attached hydrogens (tertiary/aromatic N) is 4. The van der Waals surface area contributed by atoms with Gasteiger partial charge in [0.25, 0.3) is 5.56 Å². The number of alkyl halides is 3. The third-order valence-electron chi connectivity index (χ3n) is 4.77. The molecular formula is C19H18F3N5O2S2. The van der Waals surface area contributed by atoms with E-state index in [2.05, 4.69) is 20.2 Å². The van der Waals surface area contributed by atoms with E-state index in [0.29, 0.717) is 15.5 Å². The number of halogens is 3. The van der Waals surface area contributed by atoms with Crippen LogP contribution in [0.5, 0.6) is 0 Å². The zero-order chi connectivity index (χ0) is 22.2. The highest BCUT2D eigenvalue weighted by molar-refractivity contribution is 7.99. The molecule has 1 N–H and O–H groups in total. The van der Waals surface area contributed by atoms with Gasteiger partial charge in [0.05, 0.1) is 11.3 Å². The van der Waals surface area contributed by atoms with Crippen molar-refractivity contribution in [3.05, 3.63) is 40.2 Å². The normalized spacial score (nSPS) is 14.4. The van der Waals surface area contributed by atoms with Crippen molar-refractivity contribution in [2.24, 2.45) is 7.05 Å². The molecule has 3 heterocycles. The van der Waals surface area contributed by atoms with Crippen molar-refractivity contribution in [1.29, 1.82) is 0 Å². The van der Waals surface area contributed by atoms with Crippen LogP contribution in [0, 0.1) is 0 Å². The van der Waals surface area contributed by atoms with Gasteiger partial charge in [-0.15, -0.1) is 0 Å². The van der Waals surface area contributed by atoms with Gasteiger partial charge in [0.1, 0.15) is 4.70 Å². The van der Waals surface area contributed by atoms with E-state index in [4.69, 9.17) is 0 Å². The lowest BCUT2D eigenvalue weighted by Crippen LogP contribution is -2.21. The Morgan fingerprint density at radius 2 is 2.00 bits per heavy atom. The first-order valence-electron chi connectivity index (χ1n) is 9.45. The molecule has 0 radical (unpaired) electrons. The first-order chi connectivity index (χ1) is 14.7. The Balaban J connectivity index is 1.48. The van der Waals surface area contributed by atoms with Crippen LogP contribution in [-0.4, -0.2) is 39.3 Å². The molecule has 0 bridgehead atoms. The standard InChI is InChI=1S/C19H18F3N5O2S2/c1-26-16(29)14-15(25-18(31-14)27-7-2-3-8-27)24-17(26)30-10-13(28)23-12-6-4-5-11(9-12)19(20,21)22/h4-6,9H,2-3,7-8,10H2,1H3,(H,23,28). The predicted molar refractivity (Wildman–Crippen MR) is 115 cm³/mol. The molecule has 31 heavy (non-hydrogen) atoms. The van der Waals surface area contributed by atoms with Crippen LogP contribution in [0.3, 0.4) is 0 Å². The second kappa shape index (κ2) is 8.50. The summed E-state index contributed by atoms with van der Waals surface area (Å²) in [7, 11) is 1.57. The third kappa shape index (κ3) is 4.69. The lowest BCUT2D eigenvalue weighted by atomic mass is 10.2. The summed E-state index contributed by atoms with van der Waals surface area (Å²) in [5.41, 5.74) is -0.693. The second-order valence-electron chi connectivity index (χ2n) is 7.02. The van der Waals surface area contributed by atoms with Gasteiger partial charge in [0.2, 0.25) is 5.91 Å². The summed E-state index contributed by atoms with van der Waals surface area (Å²) in [5, 5.41) is 3.52. The molecule has 0 saturated carbocycles. The number of fused-ring (bicyclic) bond motifs is 1. The Kier molecular flexibility index (Phi) is 5.93. The van der Waals surface area contributed by atoms with Crippen molar-refractivity contribution < 1.29 is 18.0 Å². The van der Waals surface area contributed by atoms with E-state index < -0.39 is 17.6 Å². The first-order valence-corrected chi connectivity index (χ1v) is 11.2. The molecule has 1 aliphatic heterocycles. The van der Waals surface area contributed by atoms with Gasteiger partial charge in [-0.25, -0.2) is 4.98 Å². The SMILES string of the molecule is Cn1c(SCC(=O)Nc2cccc(C(F)(F)F)c2)nc2nc(N3CCCC3)sc2c1=O. The van der Waals surface area contributed by atoms with Gasteiger partial charge in [0, 0.05) is 25.8 Å². The number of thiazole rings is 1. The van der Waals surface area contributed by atoms with Crippen molar-refractivity contribution in [2.75, 3.05) is 29.1 Å². The van der Waals surface area contributed by atoms with Crippen LogP contribution in [0.15, 0.2) is 34.2 Å². The summed E-state index contributed by atoms with van der Waals surface area (Å²) in [4.78, 5) is 36.0. The number of rotatable bonds is 5. The topological polar surface area (TPSA) is 80.1 Å². The van der Waals surface area contributed by atoms with Gasteiger partial charge < -0.3 is 10.2 Å². The Labute approximate surface area is 183 Å². The molecule has 0 atom stereocenters. The number of carbonyl (C=O) groups is 1. The molecule has 4 rings (SSSR count). The highest BCUT2D eigenvalue weighted by Crippen LogP contribution is 2.31. The van der Waals surface area contributed by atoms with Crippen molar-refractivity contribution in [3.8, 4) is 0 Å². The zero-order valence-corrected chi connectivity index (χ0v) is 18.0. The highest BCUT2D eigenvalue weighted by atomic mass is 32.2. The molecule has 0 unspecified atom stereocenters. The maximum atomic E-state index is 12.8. The van der Waals surface area contributed by atoms with Crippen LogP contribution in [0.1, 0.15) is 18.4 Å². The third-order valence-corrected chi connectivity index (χ3v) is 6.89.